The van der Waals surface area contributed by atoms with Gasteiger partial charge < -0.3 is 0 Å². The van der Waals surface area contributed by atoms with Crippen LogP contribution >= 0.6 is 11.8 Å². The summed E-state index contributed by atoms with van der Waals surface area (Å²) >= 11 is 1.03. The van der Waals surface area contributed by atoms with Gasteiger partial charge in [-0.15, -0.1) is 0 Å². The number of benzene rings is 1. The van der Waals surface area contributed by atoms with Crippen molar-refractivity contribution in [3.8, 4) is 5.40 Å². The van der Waals surface area contributed by atoms with E-state index in [1.165, 1.54) is 6.08 Å². The maximum Gasteiger partial charge on any atom is 0.240 e. The highest BCUT2D eigenvalue weighted by atomic mass is 32.2. The van der Waals surface area contributed by atoms with Crippen molar-refractivity contribution in [1.29, 1.82) is 5.26 Å². The minimum Gasteiger partial charge on any atom is -0.211 e. The standard InChI is InChI=1S/C8H4N2OS/c9-5-12-8-3-1-2-7(4-8)10-6-11/h1-4H. The van der Waals surface area contributed by atoms with Crippen LogP contribution in [0, 0.1) is 10.7 Å². The highest BCUT2D eigenvalue weighted by molar-refractivity contribution is 8.03. The van der Waals surface area contributed by atoms with E-state index in [-0.39, 0.29) is 0 Å². The van der Waals surface area contributed by atoms with Crippen LogP contribution < -0.4 is 0 Å². The fourth-order valence-corrected chi connectivity index (χ4v) is 1.15. The molecule has 4 heteroatoms. The summed E-state index contributed by atoms with van der Waals surface area (Å²) in [5, 5.41) is 10.3. The Kier molecular flexibility index (Phi) is 3.09. The van der Waals surface area contributed by atoms with Gasteiger partial charge in [-0.25, -0.2) is 4.79 Å². The zero-order valence-corrected chi connectivity index (χ0v) is 6.84. The first-order valence-corrected chi connectivity index (χ1v) is 3.92. The maximum atomic E-state index is 9.88. The van der Waals surface area contributed by atoms with Crippen molar-refractivity contribution in [2.75, 3.05) is 0 Å². The number of thioether (sulfide) groups is 1. The normalized spacial score (nSPS) is 8.25. The van der Waals surface area contributed by atoms with Gasteiger partial charge in [0.25, 0.3) is 0 Å². The summed E-state index contributed by atoms with van der Waals surface area (Å²) in [4.78, 5) is 14.1. The monoisotopic (exact) mass is 176 g/mol. The summed E-state index contributed by atoms with van der Waals surface area (Å²) in [5.41, 5.74) is 0.519. The van der Waals surface area contributed by atoms with E-state index in [0.29, 0.717) is 5.69 Å². The topological polar surface area (TPSA) is 53.2 Å². The van der Waals surface area contributed by atoms with E-state index in [9.17, 15) is 4.79 Å². The molecule has 0 saturated carbocycles. The molecule has 0 bridgehead atoms. The smallest absolute Gasteiger partial charge is 0.211 e. The van der Waals surface area contributed by atoms with Crippen molar-refractivity contribution in [3.05, 3.63) is 24.3 Å². The zero-order valence-electron chi connectivity index (χ0n) is 6.02. The van der Waals surface area contributed by atoms with Gasteiger partial charge in [0.1, 0.15) is 5.40 Å². The third kappa shape index (κ3) is 2.24. The summed E-state index contributed by atoms with van der Waals surface area (Å²) in [6.07, 6.45) is 1.44. The summed E-state index contributed by atoms with van der Waals surface area (Å²) < 4.78 is 0. The number of thiocyanates is 1. The Morgan fingerprint density at radius 1 is 1.50 bits per heavy atom. The number of nitrogens with zero attached hydrogens (tertiary/aromatic N) is 2. The molecule has 1 rings (SSSR count). The summed E-state index contributed by atoms with van der Waals surface area (Å²) in [7, 11) is 0. The van der Waals surface area contributed by atoms with Crippen LogP contribution in [0.3, 0.4) is 0 Å². The van der Waals surface area contributed by atoms with Gasteiger partial charge >= 0.3 is 0 Å². The summed E-state index contributed by atoms with van der Waals surface area (Å²) in [6.45, 7) is 0. The first-order chi connectivity index (χ1) is 5.86. The number of carbonyl (C=O) groups excluding carboxylic acids is 1. The Labute approximate surface area is 73.7 Å². The minimum absolute atomic E-state index is 0.519. The minimum atomic E-state index is 0.519. The van der Waals surface area contributed by atoms with E-state index < -0.39 is 0 Å². The number of aliphatic imine (C=N–C) groups is 1. The Morgan fingerprint density at radius 3 is 3.00 bits per heavy atom. The van der Waals surface area contributed by atoms with Crippen molar-refractivity contribution >= 4 is 23.5 Å². The molecule has 0 spiro atoms. The SMILES string of the molecule is N#CSc1cccc(N=C=O)c1. The molecule has 0 aliphatic heterocycles. The molecule has 0 aliphatic carbocycles. The first kappa shape index (κ1) is 8.54. The first-order valence-electron chi connectivity index (χ1n) is 3.10. The second kappa shape index (κ2) is 4.35. The van der Waals surface area contributed by atoms with Gasteiger partial charge in [-0.3, -0.25) is 0 Å². The Bertz CT molecular complexity index is 364. The lowest BCUT2D eigenvalue weighted by Gasteiger charge is -1.92. The van der Waals surface area contributed by atoms with Gasteiger partial charge in [-0.1, -0.05) is 6.07 Å². The Balaban J connectivity index is 2.97. The van der Waals surface area contributed by atoms with Crippen LogP contribution in [0.25, 0.3) is 0 Å². The quantitative estimate of drug-likeness (QED) is 0.300. The van der Waals surface area contributed by atoms with Crippen LogP contribution in [0.2, 0.25) is 0 Å². The molecule has 12 heavy (non-hydrogen) atoms. The van der Waals surface area contributed by atoms with Gasteiger partial charge in [0.2, 0.25) is 6.08 Å². The molecule has 1 aromatic carbocycles. The molecule has 0 aliphatic rings. The molecule has 58 valence electrons. The molecule has 1 aromatic rings. The largest absolute Gasteiger partial charge is 0.240 e. The second-order valence-corrected chi connectivity index (χ2v) is 2.75. The van der Waals surface area contributed by atoms with E-state index in [1.807, 2.05) is 5.40 Å². The van der Waals surface area contributed by atoms with Gasteiger partial charge in [0, 0.05) is 4.90 Å². The van der Waals surface area contributed by atoms with Crippen LogP contribution in [0.4, 0.5) is 5.69 Å². The molecule has 0 N–H and O–H groups in total. The van der Waals surface area contributed by atoms with Gasteiger partial charge in [-0.2, -0.15) is 10.3 Å². The highest BCUT2D eigenvalue weighted by Crippen LogP contribution is 2.21. The fourth-order valence-electron chi connectivity index (χ4n) is 0.722. The predicted octanol–water partition coefficient (Wildman–Crippen LogP) is 2.23. The Hall–Kier alpha value is -1.56. The number of hydrogen-bond acceptors (Lipinski definition) is 4. The van der Waals surface area contributed by atoms with E-state index in [4.69, 9.17) is 5.26 Å². The lowest BCUT2D eigenvalue weighted by molar-refractivity contribution is 0.565. The van der Waals surface area contributed by atoms with Crippen LogP contribution in [0.15, 0.2) is 34.2 Å². The number of isocyanates is 1. The molecule has 0 heterocycles. The van der Waals surface area contributed by atoms with E-state index in [2.05, 4.69) is 4.99 Å². The maximum absolute atomic E-state index is 9.88. The van der Waals surface area contributed by atoms with Gasteiger partial charge in [-0.05, 0) is 30.0 Å². The van der Waals surface area contributed by atoms with Crippen LogP contribution in [0.5, 0.6) is 0 Å². The fraction of sp³-hybridized carbons (Fsp3) is 0. The molecular weight excluding hydrogens is 172 g/mol. The van der Waals surface area contributed by atoms with Crippen molar-refractivity contribution in [2.24, 2.45) is 4.99 Å². The van der Waals surface area contributed by atoms with Crippen molar-refractivity contribution in [1.82, 2.24) is 0 Å². The highest BCUT2D eigenvalue weighted by Gasteiger charge is 1.93. The lowest BCUT2D eigenvalue weighted by atomic mass is 10.3. The van der Waals surface area contributed by atoms with Gasteiger partial charge in [0.05, 0.1) is 5.69 Å². The van der Waals surface area contributed by atoms with E-state index >= 15 is 0 Å². The van der Waals surface area contributed by atoms with Gasteiger partial charge in [0.15, 0.2) is 0 Å². The summed E-state index contributed by atoms with van der Waals surface area (Å²) in [5.74, 6) is 0. The molecule has 0 saturated heterocycles. The van der Waals surface area contributed by atoms with Crippen LogP contribution in [0.1, 0.15) is 0 Å². The molecule has 0 fully saturated rings. The lowest BCUT2D eigenvalue weighted by Crippen LogP contribution is -1.67. The molecule has 0 amide bonds. The molecule has 3 nitrogen and oxygen atoms in total. The van der Waals surface area contributed by atoms with E-state index in [0.717, 1.165) is 16.7 Å². The van der Waals surface area contributed by atoms with Crippen LogP contribution in [-0.2, 0) is 4.79 Å². The Morgan fingerprint density at radius 2 is 2.33 bits per heavy atom. The molecular formula is C8H4N2OS. The number of nitriles is 1. The second-order valence-electron chi connectivity index (χ2n) is 1.89. The zero-order chi connectivity index (χ0) is 8.81. The van der Waals surface area contributed by atoms with Crippen molar-refractivity contribution < 1.29 is 4.79 Å². The van der Waals surface area contributed by atoms with E-state index in [1.54, 1.807) is 24.3 Å². The third-order valence-corrected chi connectivity index (χ3v) is 1.74. The number of hydrogen-bond donors (Lipinski definition) is 0. The molecule has 0 unspecified atom stereocenters. The predicted molar refractivity (Wildman–Crippen MR) is 45.7 cm³/mol. The average molecular weight is 176 g/mol. The third-order valence-electron chi connectivity index (χ3n) is 1.16. The molecule has 0 atom stereocenters. The molecule has 0 aromatic heterocycles. The molecule has 0 radical (unpaired) electrons. The van der Waals surface area contributed by atoms with Crippen molar-refractivity contribution in [3.63, 3.8) is 0 Å². The van der Waals surface area contributed by atoms with Crippen molar-refractivity contribution in [2.45, 2.75) is 4.90 Å². The number of rotatable bonds is 2. The average Bonchev–Trinajstić information content (AvgIpc) is 2.06. The summed E-state index contributed by atoms with van der Waals surface area (Å²) in [6, 6.07) is 6.83. The van der Waals surface area contributed by atoms with Crippen LogP contribution in [-0.4, -0.2) is 6.08 Å².